The lowest BCUT2D eigenvalue weighted by atomic mass is 10.2. The van der Waals surface area contributed by atoms with Crippen LogP contribution in [0.1, 0.15) is 32.8 Å². The molecule has 106 valence electrons. The van der Waals surface area contributed by atoms with Crippen molar-refractivity contribution in [1.29, 1.82) is 0 Å². The van der Waals surface area contributed by atoms with Crippen molar-refractivity contribution in [3.63, 3.8) is 0 Å². The summed E-state index contributed by atoms with van der Waals surface area (Å²) >= 11 is 0. The van der Waals surface area contributed by atoms with Gasteiger partial charge in [0.1, 0.15) is 5.75 Å². The normalized spacial score (nSPS) is 10.5. The summed E-state index contributed by atoms with van der Waals surface area (Å²) in [6.45, 7) is 8.04. The number of benzene rings is 1. The fraction of sp³-hybridized carbons (Fsp3) is 0.533. The minimum Gasteiger partial charge on any atom is -0.493 e. The topological polar surface area (TPSA) is 50.4 Å². The van der Waals surface area contributed by atoms with Gasteiger partial charge in [0.15, 0.2) is 0 Å². The number of carbonyl (C=O) groups is 1. The molecule has 0 aromatic heterocycles. The second-order valence-corrected chi connectivity index (χ2v) is 4.73. The summed E-state index contributed by atoms with van der Waals surface area (Å²) in [5.41, 5.74) is 1.18. The van der Waals surface area contributed by atoms with Gasteiger partial charge in [0.2, 0.25) is 5.91 Å². The predicted molar refractivity (Wildman–Crippen MR) is 77.2 cm³/mol. The van der Waals surface area contributed by atoms with E-state index in [1.807, 2.05) is 25.1 Å². The van der Waals surface area contributed by atoms with Crippen LogP contribution in [0, 0.1) is 0 Å². The van der Waals surface area contributed by atoms with Gasteiger partial charge in [0.05, 0.1) is 13.0 Å². The molecule has 0 saturated heterocycles. The molecule has 4 nitrogen and oxygen atoms in total. The van der Waals surface area contributed by atoms with Crippen molar-refractivity contribution >= 4 is 5.91 Å². The van der Waals surface area contributed by atoms with Crippen LogP contribution in [0.4, 0.5) is 0 Å². The lowest BCUT2D eigenvalue weighted by Crippen LogP contribution is -2.24. The lowest BCUT2D eigenvalue weighted by molar-refractivity contribution is -0.121. The van der Waals surface area contributed by atoms with E-state index < -0.39 is 0 Å². The van der Waals surface area contributed by atoms with E-state index in [9.17, 15) is 4.79 Å². The standard InChI is InChI=1S/C15H24N2O2/c1-4-16-15(18)8-9-19-14-7-5-6-13(10-14)11-17-12(2)3/h5-7,10,12,17H,4,8-9,11H2,1-3H3,(H,16,18). The smallest absolute Gasteiger partial charge is 0.223 e. The summed E-state index contributed by atoms with van der Waals surface area (Å²) < 4.78 is 5.58. The Kier molecular flexibility index (Phi) is 6.97. The number of rotatable bonds is 8. The Hall–Kier alpha value is -1.55. The number of hydrogen-bond donors (Lipinski definition) is 2. The van der Waals surface area contributed by atoms with Crippen LogP contribution in [0.15, 0.2) is 24.3 Å². The first kappa shape index (κ1) is 15.5. The first-order valence-electron chi connectivity index (χ1n) is 6.83. The van der Waals surface area contributed by atoms with Crippen LogP contribution in [-0.4, -0.2) is 25.1 Å². The van der Waals surface area contributed by atoms with Crippen LogP contribution in [0.25, 0.3) is 0 Å². The summed E-state index contributed by atoms with van der Waals surface area (Å²) in [5, 5.41) is 6.11. The van der Waals surface area contributed by atoms with Crippen molar-refractivity contribution in [3.8, 4) is 5.75 Å². The molecular formula is C15H24N2O2. The van der Waals surface area contributed by atoms with Gasteiger partial charge >= 0.3 is 0 Å². The second kappa shape index (κ2) is 8.53. The third kappa shape index (κ3) is 6.82. The second-order valence-electron chi connectivity index (χ2n) is 4.73. The Morgan fingerprint density at radius 3 is 2.84 bits per heavy atom. The van der Waals surface area contributed by atoms with Crippen LogP contribution in [0.5, 0.6) is 5.75 Å². The predicted octanol–water partition coefficient (Wildman–Crippen LogP) is 2.09. The van der Waals surface area contributed by atoms with E-state index >= 15 is 0 Å². The van der Waals surface area contributed by atoms with Crippen LogP contribution in [0.2, 0.25) is 0 Å². The highest BCUT2D eigenvalue weighted by molar-refractivity contribution is 5.75. The van der Waals surface area contributed by atoms with Gasteiger partial charge in [0.25, 0.3) is 0 Å². The van der Waals surface area contributed by atoms with Gasteiger partial charge in [-0.3, -0.25) is 4.79 Å². The molecule has 0 bridgehead atoms. The molecule has 0 unspecified atom stereocenters. The van der Waals surface area contributed by atoms with E-state index in [4.69, 9.17) is 4.74 Å². The molecule has 1 aromatic rings. The van der Waals surface area contributed by atoms with Crippen LogP contribution in [-0.2, 0) is 11.3 Å². The fourth-order valence-electron chi connectivity index (χ4n) is 1.61. The zero-order valence-electron chi connectivity index (χ0n) is 12.0. The third-order valence-electron chi connectivity index (χ3n) is 2.58. The Labute approximate surface area is 115 Å². The Balaban J connectivity index is 2.37. The molecule has 0 aliphatic rings. The molecule has 0 aliphatic heterocycles. The Bertz CT molecular complexity index is 391. The zero-order chi connectivity index (χ0) is 14.1. The lowest BCUT2D eigenvalue weighted by Gasteiger charge is -2.10. The first-order valence-corrected chi connectivity index (χ1v) is 6.83. The molecule has 0 atom stereocenters. The van der Waals surface area contributed by atoms with E-state index in [-0.39, 0.29) is 5.91 Å². The molecule has 0 fully saturated rings. The quantitative estimate of drug-likeness (QED) is 0.756. The fourth-order valence-corrected chi connectivity index (χ4v) is 1.61. The van der Waals surface area contributed by atoms with Crippen LogP contribution in [0.3, 0.4) is 0 Å². The summed E-state index contributed by atoms with van der Waals surface area (Å²) in [5.74, 6) is 0.840. The Morgan fingerprint density at radius 2 is 2.16 bits per heavy atom. The van der Waals surface area contributed by atoms with Crippen molar-refractivity contribution in [1.82, 2.24) is 10.6 Å². The zero-order valence-corrected chi connectivity index (χ0v) is 12.0. The van der Waals surface area contributed by atoms with Gasteiger partial charge in [-0.1, -0.05) is 26.0 Å². The SMILES string of the molecule is CCNC(=O)CCOc1cccc(CNC(C)C)c1. The van der Waals surface area contributed by atoms with E-state index in [1.54, 1.807) is 0 Å². The maximum atomic E-state index is 11.3. The molecule has 0 aliphatic carbocycles. The van der Waals surface area contributed by atoms with E-state index in [1.165, 1.54) is 5.56 Å². The molecule has 0 heterocycles. The maximum absolute atomic E-state index is 11.3. The molecule has 1 rings (SSSR count). The Morgan fingerprint density at radius 1 is 1.37 bits per heavy atom. The highest BCUT2D eigenvalue weighted by Crippen LogP contribution is 2.13. The highest BCUT2D eigenvalue weighted by Gasteiger charge is 2.01. The molecular weight excluding hydrogens is 240 g/mol. The number of carbonyl (C=O) groups excluding carboxylic acids is 1. The molecule has 19 heavy (non-hydrogen) atoms. The molecule has 1 aromatic carbocycles. The summed E-state index contributed by atoms with van der Waals surface area (Å²) in [6, 6.07) is 8.41. The van der Waals surface area contributed by atoms with Crippen molar-refractivity contribution in [2.24, 2.45) is 0 Å². The van der Waals surface area contributed by atoms with Crippen molar-refractivity contribution in [3.05, 3.63) is 29.8 Å². The van der Waals surface area contributed by atoms with Gasteiger partial charge in [-0.15, -0.1) is 0 Å². The number of hydrogen-bond acceptors (Lipinski definition) is 3. The van der Waals surface area contributed by atoms with Crippen LogP contribution < -0.4 is 15.4 Å². The van der Waals surface area contributed by atoms with Gasteiger partial charge in [-0.05, 0) is 24.6 Å². The first-order chi connectivity index (χ1) is 9.11. The largest absolute Gasteiger partial charge is 0.493 e. The molecule has 4 heteroatoms. The summed E-state index contributed by atoms with van der Waals surface area (Å²) in [7, 11) is 0. The molecule has 1 amide bonds. The van der Waals surface area contributed by atoms with E-state index in [0.29, 0.717) is 25.6 Å². The molecule has 0 radical (unpaired) electrons. The average molecular weight is 264 g/mol. The van der Waals surface area contributed by atoms with Gasteiger partial charge in [-0.25, -0.2) is 0 Å². The minimum atomic E-state index is 0.0279. The third-order valence-corrected chi connectivity index (χ3v) is 2.58. The molecule has 0 saturated carbocycles. The molecule has 0 spiro atoms. The average Bonchev–Trinajstić information content (AvgIpc) is 2.37. The van der Waals surface area contributed by atoms with Crippen molar-refractivity contribution < 1.29 is 9.53 Å². The highest BCUT2D eigenvalue weighted by atomic mass is 16.5. The van der Waals surface area contributed by atoms with Gasteiger partial charge in [-0.2, -0.15) is 0 Å². The van der Waals surface area contributed by atoms with E-state index in [0.717, 1.165) is 12.3 Å². The summed E-state index contributed by atoms with van der Waals surface area (Å²) in [6.07, 6.45) is 0.391. The van der Waals surface area contributed by atoms with Gasteiger partial charge in [0, 0.05) is 19.1 Å². The van der Waals surface area contributed by atoms with Crippen molar-refractivity contribution in [2.45, 2.75) is 39.8 Å². The summed E-state index contributed by atoms with van der Waals surface area (Å²) in [4.78, 5) is 11.3. The number of ether oxygens (including phenoxy) is 1. The van der Waals surface area contributed by atoms with Crippen LogP contribution >= 0.6 is 0 Å². The maximum Gasteiger partial charge on any atom is 0.223 e. The van der Waals surface area contributed by atoms with Crippen molar-refractivity contribution in [2.75, 3.05) is 13.2 Å². The van der Waals surface area contributed by atoms with Gasteiger partial charge < -0.3 is 15.4 Å². The monoisotopic (exact) mass is 264 g/mol. The minimum absolute atomic E-state index is 0.0279. The number of nitrogens with one attached hydrogen (secondary N) is 2. The molecule has 2 N–H and O–H groups in total. The van der Waals surface area contributed by atoms with E-state index in [2.05, 4.69) is 30.5 Å². The number of amides is 1.